The number of alkyl halides is 1. The number of likely N-dealkylation sites (tertiary alicyclic amines) is 1. The average Bonchev–Trinajstić information content (AvgIpc) is 2.47. The van der Waals surface area contributed by atoms with Gasteiger partial charge in [-0.05, 0) is 26.7 Å². The molecule has 0 aromatic carbocycles. The summed E-state index contributed by atoms with van der Waals surface area (Å²) in [6.45, 7) is 3.61. The number of rotatable bonds is 2. The van der Waals surface area contributed by atoms with Crippen molar-refractivity contribution in [3.8, 4) is 0 Å². The minimum atomic E-state index is -1.07. The van der Waals surface area contributed by atoms with Gasteiger partial charge in [-0.25, -0.2) is 4.79 Å². The monoisotopic (exact) mass is 219 g/mol. The Morgan fingerprint density at radius 2 is 2.14 bits per heavy atom. The molecule has 0 aliphatic carbocycles. The van der Waals surface area contributed by atoms with Crippen LogP contribution in [0.1, 0.15) is 26.7 Å². The highest BCUT2D eigenvalue weighted by atomic mass is 35.5. The number of hydrogen-bond acceptors (Lipinski definition) is 2. The predicted molar refractivity (Wildman–Crippen MR) is 52.3 cm³/mol. The Kier molecular flexibility index (Phi) is 3.04. The van der Waals surface area contributed by atoms with Gasteiger partial charge in [-0.1, -0.05) is 0 Å². The van der Waals surface area contributed by atoms with E-state index in [0.29, 0.717) is 13.0 Å². The molecule has 0 bridgehead atoms. The summed E-state index contributed by atoms with van der Waals surface area (Å²) in [6.07, 6.45) is 1.22. The highest BCUT2D eigenvalue weighted by Crippen LogP contribution is 2.30. The normalized spacial score (nSPS) is 28.9. The van der Waals surface area contributed by atoms with Gasteiger partial charge < -0.3 is 10.0 Å². The van der Waals surface area contributed by atoms with Crippen LogP contribution in [0.2, 0.25) is 0 Å². The molecule has 1 aliphatic heterocycles. The first kappa shape index (κ1) is 11.3. The lowest BCUT2D eigenvalue weighted by atomic mass is 9.99. The van der Waals surface area contributed by atoms with E-state index < -0.39 is 16.9 Å². The van der Waals surface area contributed by atoms with Crippen LogP contribution >= 0.6 is 11.6 Å². The third-order valence-corrected chi connectivity index (χ3v) is 2.89. The van der Waals surface area contributed by atoms with Crippen molar-refractivity contribution in [3.63, 3.8) is 0 Å². The average molecular weight is 220 g/mol. The van der Waals surface area contributed by atoms with Crippen LogP contribution in [0.3, 0.4) is 0 Å². The number of carbonyl (C=O) groups is 2. The van der Waals surface area contributed by atoms with Gasteiger partial charge in [0.15, 0.2) is 0 Å². The first-order valence-corrected chi connectivity index (χ1v) is 5.02. The molecule has 1 saturated heterocycles. The second-order valence-corrected chi connectivity index (χ2v) is 4.44. The van der Waals surface area contributed by atoms with E-state index in [1.807, 2.05) is 0 Å². The number of halogens is 1. The summed E-state index contributed by atoms with van der Waals surface area (Å²) in [5.41, 5.74) is -1.07. The van der Waals surface area contributed by atoms with Crippen molar-refractivity contribution in [2.75, 3.05) is 6.54 Å². The van der Waals surface area contributed by atoms with Gasteiger partial charge in [-0.15, -0.1) is 11.6 Å². The van der Waals surface area contributed by atoms with Crippen molar-refractivity contribution in [2.24, 2.45) is 0 Å². The first-order valence-electron chi connectivity index (χ1n) is 4.58. The molecule has 14 heavy (non-hydrogen) atoms. The second kappa shape index (κ2) is 3.77. The van der Waals surface area contributed by atoms with Gasteiger partial charge in [0.05, 0.1) is 0 Å². The lowest BCUT2D eigenvalue weighted by Crippen LogP contribution is -2.52. The van der Waals surface area contributed by atoms with E-state index in [9.17, 15) is 9.59 Å². The van der Waals surface area contributed by atoms with Crippen molar-refractivity contribution in [1.82, 2.24) is 4.90 Å². The van der Waals surface area contributed by atoms with E-state index in [0.717, 1.165) is 6.42 Å². The minimum Gasteiger partial charge on any atom is -0.480 e. The van der Waals surface area contributed by atoms with Gasteiger partial charge in [-0.3, -0.25) is 4.79 Å². The van der Waals surface area contributed by atoms with Crippen molar-refractivity contribution >= 4 is 23.5 Å². The molecule has 1 aliphatic rings. The van der Waals surface area contributed by atoms with E-state index in [4.69, 9.17) is 16.7 Å². The molecule has 1 heterocycles. The Labute approximate surface area is 87.8 Å². The quantitative estimate of drug-likeness (QED) is 0.707. The third kappa shape index (κ3) is 1.71. The molecule has 1 amide bonds. The van der Waals surface area contributed by atoms with Crippen LogP contribution in [0.25, 0.3) is 0 Å². The van der Waals surface area contributed by atoms with Gasteiger partial charge in [0.2, 0.25) is 5.91 Å². The summed E-state index contributed by atoms with van der Waals surface area (Å²) in [7, 11) is 0. The maximum absolute atomic E-state index is 11.6. The fourth-order valence-corrected chi connectivity index (χ4v) is 1.87. The fraction of sp³-hybridized carbons (Fsp3) is 0.778. The topological polar surface area (TPSA) is 57.6 Å². The second-order valence-electron chi connectivity index (χ2n) is 3.79. The predicted octanol–water partition coefficient (Wildman–Crippen LogP) is 1.08. The summed E-state index contributed by atoms with van der Waals surface area (Å²) in [6, 6.07) is 0. The molecule has 0 unspecified atom stereocenters. The van der Waals surface area contributed by atoms with Crippen LogP contribution in [-0.4, -0.2) is 39.3 Å². The van der Waals surface area contributed by atoms with Crippen LogP contribution < -0.4 is 0 Å². The molecule has 2 atom stereocenters. The van der Waals surface area contributed by atoms with Crippen LogP contribution in [0, 0.1) is 0 Å². The number of carboxylic acid groups (broad SMARTS) is 1. The molecule has 0 spiro atoms. The summed E-state index contributed by atoms with van der Waals surface area (Å²) in [4.78, 5) is 24.0. The number of amides is 1. The van der Waals surface area contributed by atoms with Crippen molar-refractivity contribution in [1.29, 1.82) is 0 Å². The molecule has 0 saturated carbocycles. The van der Waals surface area contributed by atoms with Crippen LogP contribution in [-0.2, 0) is 9.59 Å². The molecule has 0 aromatic heterocycles. The van der Waals surface area contributed by atoms with Gasteiger partial charge >= 0.3 is 5.97 Å². The Bertz CT molecular complexity index is 267. The number of aliphatic carboxylic acids is 1. The Balaban J connectivity index is 2.89. The Morgan fingerprint density at radius 1 is 1.57 bits per heavy atom. The number of hydrogen-bond donors (Lipinski definition) is 1. The third-order valence-electron chi connectivity index (χ3n) is 2.71. The van der Waals surface area contributed by atoms with E-state index in [1.54, 1.807) is 13.8 Å². The highest BCUT2D eigenvalue weighted by molar-refractivity contribution is 6.30. The zero-order valence-corrected chi connectivity index (χ0v) is 9.04. The molecule has 0 aromatic rings. The molecular weight excluding hydrogens is 206 g/mol. The molecule has 1 rings (SSSR count). The zero-order valence-electron chi connectivity index (χ0n) is 8.29. The SMILES string of the molecule is C[C@H](Cl)C(=O)N1CCC[C@@]1(C)C(=O)O. The lowest BCUT2D eigenvalue weighted by Gasteiger charge is -2.31. The van der Waals surface area contributed by atoms with E-state index in [1.165, 1.54) is 4.90 Å². The Morgan fingerprint density at radius 3 is 2.57 bits per heavy atom. The van der Waals surface area contributed by atoms with Crippen molar-refractivity contribution in [2.45, 2.75) is 37.6 Å². The van der Waals surface area contributed by atoms with Gasteiger partial charge in [-0.2, -0.15) is 0 Å². The van der Waals surface area contributed by atoms with E-state index in [2.05, 4.69) is 0 Å². The lowest BCUT2D eigenvalue weighted by molar-refractivity contribution is -0.155. The van der Waals surface area contributed by atoms with E-state index in [-0.39, 0.29) is 5.91 Å². The molecule has 0 radical (unpaired) electrons. The smallest absolute Gasteiger partial charge is 0.329 e. The summed E-state index contributed by atoms with van der Waals surface area (Å²) < 4.78 is 0. The number of carbonyl (C=O) groups excluding carboxylic acids is 1. The largest absolute Gasteiger partial charge is 0.480 e. The molecule has 1 fully saturated rings. The summed E-state index contributed by atoms with van der Waals surface area (Å²) in [5, 5.41) is 8.38. The molecule has 4 nitrogen and oxygen atoms in total. The number of nitrogens with zero attached hydrogens (tertiary/aromatic N) is 1. The van der Waals surface area contributed by atoms with Crippen molar-refractivity contribution in [3.05, 3.63) is 0 Å². The van der Waals surface area contributed by atoms with Crippen LogP contribution in [0.5, 0.6) is 0 Å². The molecule has 80 valence electrons. The Hall–Kier alpha value is -0.770. The fourth-order valence-electron chi connectivity index (χ4n) is 1.75. The first-order chi connectivity index (χ1) is 6.39. The van der Waals surface area contributed by atoms with Crippen LogP contribution in [0.4, 0.5) is 0 Å². The van der Waals surface area contributed by atoms with Gasteiger partial charge in [0.1, 0.15) is 10.9 Å². The maximum Gasteiger partial charge on any atom is 0.329 e. The van der Waals surface area contributed by atoms with E-state index >= 15 is 0 Å². The molecule has 5 heteroatoms. The molecule has 1 N–H and O–H groups in total. The van der Waals surface area contributed by atoms with Gasteiger partial charge in [0.25, 0.3) is 0 Å². The number of carboxylic acids is 1. The minimum absolute atomic E-state index is 0.297. The molecular formula is C9H14ClNO3. The standard InChI is InChI=1S/C9H14ClNO3/c1-6(10)7(12)11-5-3-4-9(11,2)8(13)14/h6H,3-5H2,1-2H3,(H,13,14)/t6-,9-/m0/s1. The summed E-state index contributed by atoms with van der Waals surface area (Å²) in [5.74, 6) is -1.25. The van der Waals surface area contributed by atoms with Crippen LogP contribution in [0.15, 0.2) is 0 Å². The summed E-state index contributed by atoms with van der Waals surface area (Å²) >= 11 is 5.66. The highest BCUT2D eigenvalue weighted by Gasteiger charge is 2.46. The zero-order chi connectivity index (χ0) is 10.9. The maximum atomic E-state index is 11.6. The van der Waals surface area contributed by atoms with Gasteiger partial charge in [0, 0.05) is 6.54 Å². The van der Waals surface area contributed by atoms with Crippen molar-refractivity contribution < 1.29 is 14.7 Å².